The Morgan fingerprint density at radius 3 is 2.50 bits per heavy atom. The van der Waals surface area contributed by atoms with Crippen LogP contribution < -0.4 is 4.74 Å². The summed E-state index contributed by atoms with van der Waals surface area (Å²) in [6.45, 7) is -2.95. The number of benzene rings is 1. The maximum atomic E-state index is 11.8. The molecule has 0 unspecified atom stereocenters. The van der Waals surface area contributed by atoms with Gasteiger partial charge in [0.15, 0.2) is 0 Å². The van der Waals surface area contributed by atoms with Gasteiger partial charge in [0.25, 0.3) is 5.24 Å². The lowest BCUT2D eigenvalue weighted by atomic mass is 10.2. The lowest BCUT2D eigenvalue weighted by Crippen LogP contribution is -2.02. The number of halogens is 4. The molecule has 0 radical (unpaired) electrons. The number of rotatable bonds is 3. The average Bonchev–Trinajstić information content (AvgIpc) is 2.07. The Kier molecular flexibility index (Phi) is 3.66. The number of carbonyl (C=O) groups excluding carboxylic acids is 1. The van der Waals surface area contributed by atoms with Gasteiger partial charge in [-0.15, -0.1) is 0 Å². The van der Waals surface area contributed by atoms with E-state index in [0.29, 0.717) is 0 Å². The maximum Gasteiger partial charge on any atom is 0.387 e. The fourth-order valence-corrected chi connectivity index (χ4v) is 1.16. The Morgan fingerprint density at radius 1 is 1.43 bits per heavy atom. The van der Waals surface area contributed by atoms with Crippen LogP contribution in [0, 0.1) is 0 Å². The molecule has 1 rings (SSSR count). The molecule has 0 amide bonds. The van der Waals surface area contributed by atoms with E-state index in [0.717, 1.165) is 12.1 Å². The van der Waals surface area contributed by atoms with Crippen LogP contribution in [0.15, 0.2) is 18.2 Å². The first-order valence-electron chi connectivity index (χ1n) is 3.45. The van der Waals surface area contributed by atoms with Crippen molar-refractivity contribution in [1.29, 1.82) is 0 Å². The molecular weight excluding hydrogens is 237 g/mol. The largest absolute Gasteiger partial charge is 0.433 e. The Labute approximate surface area is 88.4 Å². The standard InChI is InChI=1S/C8H4Cl2F2O2/c9-5-3-4(7(10)13)1-2-6(5)14-8(11)12/h1-3,8H. The van der Waals surface area contributed by atoms with Crippen molar-refractivity contribution in [1.82, 2.24) is 0 Å². The molecule has 0 aromatic heterocycles. The van der Waals surface area contributed by atoms with E-state index in [1.165, 1.54) is 6.07 Å². The zero-order valence-corrected chi connectivity index (χ0v) is 8.15. The SMILES string of the molecule is O=C(Cl)c1ccc(OC(F)F)c(Cl)c1. The summed E-state index contributed by atoms with van der Waals surface area (Å²) in [5.41, 5.74) is 0.123. The molecule has 76 valence electrons. The van der Waals surface area contributed by atoms with Gasteiger partial charge in [-0.1, -0.05) is 11.6 Å². The molecule has 14 heavy (non-hydrogen) atoms. The summed E-state index contributed by atoms with van der Waals surface area (Å²) in [4.78, 5) is 10.6. The topological polar surface area (TPSA) is 26.3 Å². The number of hydrogen-bond acceptors (Lipinski definition) is 2. The van der Waals surface area contributed by atoms with Crippen LogP contribution in [0.1, 0.15) is 10.4 Å². The summed E-state index contributed by atoms with van der Waals surface area (Å²) in [5.74, 6) is -0.191. The maximum absolute atomic E-state index is 11.8. The van der Waals surface area contributed by atoms with Crippen LogP contribution >= 0.6 is 23.2 Å². The highest BCUT2D eigenvalue weighted by atomic mass is 35.5. The molecule has 0 bridgehead atoms. The third-order valence-corrected chi connectivity index (χ3v) is 1.89. The zero-order chi connectivity index (χ0) is 10.7. The summed E-state index contributed by atoms with van der Waals surface area (Å²) in [6.07, 6.45) is 0. The molecule has 0 N–H and O–H groups in total. The van der Waals surface area contributed by atoms with Gasteiger partial charge in [0.2, 0.25) is 0 Å². The quantitative estimate of drug-likeness (QED) is 0.758. The van der Waals surface area contributed by atoms with Crippen molar-refractivity contribution in [2.75, 3.05) is 0 Å². The van der Waals surface area contributed by atoms with Gasteiger partial charge in [0.05, 0.1) is 5.02 Å². The zero-order valence-electron chi connectivity index (χ0n) is 6.64. The van der Waals surface area contributed by atoms with E-state index in [2.05, 4.69) is 4.74 Å². The fraction of sp³-hybridized carbons (Fsp3) is 0.125. The monoisotopic (exact) mass is 240 g/mol. The second-order valence-electron chi connectivity index (χ2n) is 2.30. The predicted octanol–water partition coefficient (Wildman–Crippen LogP) is 3.32. The molecule has 6 heteroatoms. The normalized spacial score (nSPS) is 10.4. The van der Waals surface area contributed by atoms with E-state index in [9.17, 15) is 13.6 Å². The van der Waals surface area contributed by atoms with E-state index in [1.807, 2.05) is 0 Å². The van der Waals surface area contributed by atoms with Crippen molar-refractivity contribution in [3.8, 4) is 5.75 Å². The first-order valence-corrected chi connectivity index (χ1v) is 4.20. The van der Waals surface area contributed by atoms with Crippen molar-refractivity contribution in [2.24, 2.45) is 0 Å². The molecule has 0 heterocycles. The number of alkyl halides is 2. The molecule has 1 aromatic rings. The van der Waals surface area contributed by atoms with Crippen molar-refractivity contribution < 1.29 is 18.3 Å². The fourth-order valence-electron chi connectivity index (χ4n) is 0.815. The van der Waals surface area contributed by atoms with Crippen molar-refractivity contribution >= 4 is 28.4 Å². The van der Waals surface area contributed by atoms with E-state index in [1.54, 1.807) is 0 Å². The van der Waals surface area contributed by atoms with E-state index in [-0.39, 0.29) is 16.3 Å². The van der Waals surface area contributed by atoms with Gasteiger partial charge >= 0.3 is 6.61 Å². The summed E-state index contributed by atoms with van der Waals surface area (Å²) < 4.78 is 27.6. The van der Waals surface area contributed by atoms with Gasteiger partial charge in [-0.2, -0.15) is 8.78 Å². The molecular formula is C8H4Cl2F2O2. The number of hydrogen-bond donors (Lipinski definition) is 0. The van der Waals surface area contributed by atoms with Crippen molar-refractivity contribution in [3.05, 3.63) is 28.8 Å². The van der Waals surface area contributed by atoms with Gasteiger partial charge in [0.1, 0.15) is 5.75 Å². The minimum absolute atomic E-state index is 0.0863. The smallest absolute Gasteiger partial charge is 0.387 e. The first-order chi connectivity index (χ1) is 6.50. The van der Waals surface area contributed by atoms with Crippen LogP contribution in [0.2, 0.25) is 5.02 Å². The van der Waals surface area contributed by atoms with Crippen LogP contribution in [-0.2, 0) is 0 Å². The molecule has 0 aliphatic heterocycles. The molecule has 2 nitrogen and oxygen atoms in total. The van der Waals surface area contributed by atoms with Crippen LogP contribution in [0.3, 0.4) is 0 Å². The first kappa shape index (κ1) is 11.2. The lowest BCUT2D eigenvalue weighted by Gasteiger charge is -2.06. The summed E-state index contributed by atoms with van der Waals surface area (Å²) in [7, 11) is 0. The number of carbonyl (C=O) groups is 1. The Hall–Kier alpha value is -0.870. The van der Waals surface area contributed by atoms with E-state index >= 15 is 0 Å². The van der Waals surface area contributed by atoms with Crippen LogP contribution in [0.5, 0.6) is 5.75 Å². The molecule has 0 atom stereocenters. The highest BCUT2D eigenvalue weighted by Crippen LogP contribution is 2.27. The van der Waals surface area contributed by atoms with E-state index < -0.39 is 11.9 Å². The highest BCUT2D eigenvalue weighted by Gasteiger charge is 2.10. The molecule has 0 fully saturated rings. The molecule has 0 saturated carbocycles. The molecule has 0 saturated heterocycles. The minimum Gasteiger partial charge on any atom is -0.433 e. The van der Waals surface area contributed by atoms with Gasteiger partial charge < -0.3 is 4.74 Å². The predicted molar refractivity (Wildman–Crippen MR) is 48.3 cm³/mol. The van der Waals surface area contributed by atoms with Crippen molar-refractivity contribution in [2.45, 2.75) is 6.61 Å². The highest BCUT2D eigenvalue weighted by molar-refractivity contribution is 6.67. The average molecular weight is 241 g/mol. The van der Waals surface area contributed by atoms with Gasteiger partial charge in [-0.25, -0.2) is 0 Å². The molecule has 0 aliphatic rings. The minimum atomic E-state index is -2.95. The van der Waals surface area contributed by atoms with Crippen LogP contribution in [0.4, 0.5) is 8.78 Å². The Balaban J connectivity index is 2.95. The lowest BCUT2D eigenvalue weighted by molar-refractivity contribution is -0.0497. The van der Waals surface area contributed by atoms with E-state index in [4.69, 9.17) is 23.2 Å². The van der Waals surface area contributed by atoms with Crippen molar-refractivity contribution in [3.63, 3.8) is 0 Å². The third kappa shape index (κ3) is 2.82. The van der Waals surface area contributed by atoms with Crippen LogP contribution in [-0.4, -0.2) is 11.9 Å². The molecule has 0 aliphatic carbocycles. The van der Waals surface area contributed by atoms with Gasteiger partial charge in [-0.3, -0.25) is 4.79 Å². The summed E-state index contributed by atoms with van der Waals surface area (Å²) >= 11 is 10.7. The molecule has 0 spiro atoms. The van der Waals surface area contributed by atoms with Gasteiger partial charge in [-0.05, 0) is 29.8 Å². The van der Waals surface area contributed by atoms with Crippen LogP contribution in [0.25, 0.3) is 0 Å². The van der Waals surface area contributed by atoms with Gasteiger partial charge in [0, 0.05) is 5.56 Å². The second-order valence-corrected chi connectivity index (χ2v) is 3.05. The summed E-state index contributed by atoms with van der Waals surface area (Å²) in [5, 5.41) is -0.799. The molecule has 1 aromatic carbocycles. The Morgan fingerprint density at radius 2 is 2.07 bits per heavy atom. The number of ether oxygens (including phenoxy) is 1. The third-order valence-electron chi connectivity index (χ3n) is 1.37. The summed E-state index contributed by atoms with van der Waals surface area (Å²) in [6, 6.07) is 3.57. The Bertz CT molecular complexity index is 355. The second kappa shape index (κ2) is 4.57.